The van der Waals surface area contributed by atoms with E-state index in [0.717, 1.165) is 37.0 Å². The normalized spacial score (nSPS) is 16.3. The van der Waals surface area contributed by atoms with Gasteiger partial charge in [0.25, 0.3) is 0 Å². The van der Waals surface area contributed by atoms with Gasteiger partial charge in [-0.3, -0.25) is 0 Å². The maximum Gasteiger partial charge on any atom is 0.191 e. The summed E-state index contributed by atoms with van der Waals surface area (Å²) >= 11 is 0. The lowest BCUT2D eigenvalue weighted by molar-refractivity contribution is 0.229. The van der Waals surface area contributed by atoms with E-state index in [4.69, 9.17) is 9.47 Å². The van der Waals surface area contributed by atoms with Crippen molar-refractivity contribution in [3.8, 4) is 11.5 Å². The summed E-state index contributed by atoms with van der Waals surface area (Å²) in [4.78, 5) is 7.18. The van der Waals surface area contributed by atoms with Gasteiger partial charge in [0.1, 0.15) is 17.6 Å². The molecule has 1 heterocycles. The van der Waals surface area contributed by atoms with Gasteiger partial charge in [0, 0.05) is 19.2 Å². The summed E-state index contributed by atoms with van der Waals surface area (Å²) in [5.74, 6) is 2.46. The summed E-state index contributed by atoms with van der Waals surface area (Å²) in [6.07, 6.45) is 3.83. The monoisotopic (exact) mass is 362 g/mol. The number of ether oxygens (including phenoxy) is 2. The molecule has 0 bridgehead atoms. The van der Waals surface area contributed by atoms with Gasteiger partial charge in [-0.1, -0.05) is 6.07 Å². The van der Waals surface area contributed by atoms with Gasteiger partial charge in [-0.2, -0.15) is 0 Å². The SMILES string of the molecule is CCNC(=NCC(C)Oc1cccc(OC)c1)NCCCN1CCCC1. The maximum atomic E-state index is 5.93. The number of nitrogens with one attached hydrogen (secondary N) is 2. The summed E-state index contributed by atoms with van der Waals surface area (Å²) in [6, 6.07) is 7.66. The fraction of sp³-hybridized carbons (Fsp3) is 0.650. The Kier molecular flexibility index (Phi) is 9.10. The van der Waals surface area contributed by atoms with Crippen molar-refractivity contribution in [1.82, 2.24) is 15.5 Å². The zero-order valence-electron chi connectivity index (χ0n) is 16.5. The molecule has 0 aliphatic carbocycles. The first-order chi connectivity index (χ1) is 12.7. The van der Waals surface area contributed by atoms with Crippen LogP contribution < -0.4 is 20.1 Å². The average molecular weight is 363 g/mol. The third-order valence-corrected chi connectivity index (χ3v) is 4.37. The number of benzene rings is 1. The highest BCUT2D eigenvalue weighted by Crippen LogP contribution is 2.19. The molecule has 1 aromatic rings. The Morgan fingerprint density at radius 1 is 1.23 bits per heavy atom. The van der Waals surface area contributed by atoms with Gasteiger partial charge >= 0.3 is 0 Å². The summed E-state index contributed by atoms with van der Waals surface area (Å²) in [6.45, 7) is 10.2. The van der Waals surface area contributed by atoms with E-state index in [1.54, 1.807) is 7.11 Å². The van der Waals surface area contributed by atoms with E-state index >= 15 is 0 Å². The predicted octanol–water partition coefficient (Wildman–Crippen LogP) is 2.50. The van der Waals surface area contributed by atoms with Crippen LogP contribution in [0.5, 0.6) is 11.5 Å². The topological polar surface area (TPSA) is 58.1 Å². The number of nitrogens with zero attached hydrogens (tertiary/aromatic N) is 2. The van der Waals surface area contributed by atoms with Gasteiger partial charge in [-0.05, 0) is 64.9 Å². The van der Waals surface area contributed by atoms with Gasteiger partial charge in [0.15, 0.2) is 5.96 Å². The number of methoxy groups -OCH3 is 1. The molecule has 0 radical (unpaired) electrons. The average Bonchev–Trinajstić information content (AvgIpc) is 3.16. The van der Waals surface area contributed by atoms with Gasteiger partial charge < -0.3 is 25.0 Å². The van der Waals surface area contributed by atoms with Gasteiger partial charge in [0.2, 0.25) is 0 Å². The van der Waals surface area contributed by atoms with Gasteiger partial charge in [0.05, 0.1) is 13.7 Å². The molecule has 6 nitrogen and oxygen atoms in total. The molecule has 0 amide bonds. The number of aliphatic imine (C=N–C) groups is 1. The van der Waals surface area contributed by atoms with Crippen LogP contribution >= 0.6 is 0 Å². The van der Waals surface area contributed by atoms with Crippen molar-refractivity contribution in [2.75, 3.05) is 46.4 Å². The Labute approximate surface area is 158 Å². The van der Waals surface area contributed by atoms with Gasteiger partial charge in [-0.25, -0.2) is 4.99 Å². The minimum absolute atomic E-state index is 0.0119. The first kappa shape index (κ1) is 20.4. The fourth-order valence-electron chi connectivity index (χ4n) is 3.02. The molecule has 1 saturated heterocycles. The predicted molar refractivity (Wildman–Crippen MR) is 107 cm³/mol. The van der Waals surface area contributed by atoms with E-state index in [-0.39, 0.29) is 6.10 Å². The molecule has 0 spiro atoms. The Hall–Kier alpha value is -1.95. The summed E-state index contributed by atoms with van der Waals surface area (Å²) in [5, 5.41) is 6.72. The summed E-state index contributed by atoms with van der Waals surface area (Å²) in [5.41, 5.74) is 0. The molecule has 1 aliphatic heterocycles. The van der Waals surface area contributed by atoms with Crippen LogP contribution in [0.4, 0.5) is 0 Å². The maximum absolute atomic E-state index is 5.93. The lowest BCUT2D eigenvalue weighted by Crippen LogP contribution is -2.39. The summed E-state index contributed by atoms with van der Waals surface area (Å²) < 4.78 is 11.2. The van der Waals surface area contributed by atoms with Crippen LogP contribution in [0.3, 0.4) is 0 Å². The number of hydrogen-bond donors (Lipinski definition) is 2. The third kappa shape index (κ3) is 7.52. The van der Waals surface area contributed by atoms with Crippen molar-refractivity contribution in [3.63, 3.8) is 0 Å². The van der Waals surface area contributed by atoms with Crippen LogP contribution in [0.2, 0.25) is 0 Å². The molecule has 2 rings (SSSR count). The highest BCUT2D eigenvalue weighted by Gasteiger charge is 2.10. The van der Waals surface area contributed by atoms with Crippen molar-refractivity contribution in [3.05, 3.63) is 24.3 Å². The van der Waals surface area contributed by atoms with Crippen molar-refractivity contribution in [2.24, 2.45) is 4.99 Å². The standard InChI is InChI=1S/C20H34N4O2/c1-4-21-20(22-11-8-14-24-12-5-6-13-24)23-16-17(2)26-19-10-7-9-18(15-19)25-3/h7,9-10,15,17H,4-6,8,11-14,16H2,1-3H3,(H2,21,22,23). The van der Waals surface area contributed by atoms with E-state index < -0.39 is 0 Å². The first-order valence-electron chi connectivity index (χ1n) is 9.76. The molecular weight excluding hydrogens is 328 g/mol. The lowest BCUT2D eigenvalue weighted by Gasteiger charge is -2.17. The second kappa shape index (κ2) is 11.6. The zero-order chi connectivity index (χ0) is 18.6. The highest BCUT2D eigenvalue weighted by molar-refractivity contribution is 5.79. The quantitative estimate of drug-likeness (QED) is 0.380. The van der Waals surface area contributed by atoms with Crippen LogP contribution in [0.25, 0.3) is 0 Å². The summed E-state index contributed by atoms with van der Waals surface area (Å²) in [7, 11) is 1.66. The Morgan fingerprint density at radius 2 is 2.00 bits per heavy atom. The molecular formula is C20H34N4O2. The van der Waals surface area contributed by atoms with Crippen LogP contribution in [-0.2, 0) is 0 Å². The highest BCUT2D eigenvalue weighted by atomic mass is 16.5. The van der Waals surface area contributed by atoms with Crippen LogP contribution in [0.15, 0.2) is 29.3 Å². The molecule has 26 heavy (non-hydrogen) atoms. The molecule has 1 unspecified atom stereocenters. The molecule has 0 saturated carbocycles. The Bertz CT molecular complexity index is 544. The largest absolute Gasteiger partial charge is 0.497 e. The smallest absolute Gasteiger partial charge is 0.191 e. The van der Waals surface area contributed by atoms with E-state index in [2.05, 4.69) is 27.4 Å². The third-order valence-electron chi connectivity index (χ3n) is 4.37. The number of guanidine groups is 1. The number of likely N-dealkylation sites (tertiary alicyclic amines) is 1. The van der Waals surface area contributed by atoms with E-state index in [0.29, 0.717) is 6.54 Å². The number of rotatable bonds is 10. The van der Waals surface area contributed by atoms with Crippen molar-refractivity contribution < 1.29 is 9.47 Å². The molecule has 0 aromatic heterocycles. The second-order valence-electron chi connectivity index (χ2n) is 6.66. The van der Waals surface area contributed by atoms with Gasteiger partial charge in [-0.15, -0.1) is 0 Å². The molecule has 2 N–H and O–H groups in total. The minimum atomic E-state index is -0.0119. The van der Waals surface area contributed by atoms with E-state index in [1.807, 2.05) is 31.2 Å². The molecule has 146 valence electrons. The van der Waals surface area contributed by atoms with E-state index in [9.17, 15) is 0 Å². The van der Waals surface area contributed by atoms with Crippen LogP contribution in [-0.4, -0.2) is 63.3 Å². The van der Waals surface area contributed by atoms with E-state index in [1.165, 1.54) is 32.5 Å². The number of hydrogen-bond acceptors (Lipinski definition) is 4. The van der Waals surface area contributed by atoms with Crippen molar-refractivity contribution >= 4 is 5.96 Å². The Balaban J connectivity index is 1.73. The first-order valence-corrected chi connectivity index (χ1v) is 9.76. The van der Waals surface area contributed by atoms with Crippen molar-refractivity contribution in [1.29, 1.82) is 0 Å². The minimum Gasteiger partial charge on any atom is -0.497 e. The lowest BCUT2D eigenvalue weighted by atomic mass is 10.3. The molecule has 1 atom stereocenters. The zero-order valence-corrected chi connectivity index (χ0v) is 16.5. The fourth-order valence-corrected chi connectivity index (χ4v) is 3.02. The molecule has 6 heteroatoms. The second-order valence-corrected chi connectivity index (χ2v) is 6.66. The molecule has 1 fully saturated rings. The van der Waals surface area contributed by atoms with Crippen LogP contribution in [0, 0.1) is 0 Å². The molecule has 1 aromatic carbocycles. The molecule has 1 aliphatic rings. The van der Waals surface area contributed by atoms with Crippen LogP contribution in [0.1, 0.15) is 33.1 Å². The Morgan fingerprint density at radius 3 is 2.73 bits per heavy atom. The van der Waals surface area contributed by atoms with Crippen molar-refractivity contribution in [2.45, 2.75) is 39.2 Å².